The van der Waals surface area contributed by atoms with Crippen molar-refractivity contribution in [2.45, 2.75) is 58.5 Å². The van der Waals surface area contributed by atoms with Gasteiger partial charge in [0.15, 0.2) is 0 Å². The Balaban J connectivity index is 1.41. The smallest absolute Gasteiger partial charge is 0.0210 e. The largest absolute Gasteiger partial charge is 0.310 e. The van der Waals surface area contributed by atoms with E-state index in [0.29, 0.717) is 0 Å². The van der Waals surface area contributed by atoms with Crippen molar-refractivity contribution < 1.29 is 0 Å². The van der Waals surface area contributed by atoms with Crippen molar-refractivity contribution in [3.63, 3.8) is 0 Å². The zero-order chi connectivity index (χ0) is 13.7. The number of benzene rings is 1. The van der Waals surface area contributed by atoms with Crippen molar-refractivity contribution in [3.8, 4) is 0 Å². The van der Waals surface area contributed by atoms with Crippen LogP contribution in [0.4, 0.5) is 0 Å². The van der Waals surface area contributed by atoms with E-state index in [-0.39, 0.29) is 0 Å². The van der Waals surface area contributed by atoms with Gasteiger partial charge in [-0.25, -0.2) is 0 Å². The summed E-state index contributed by atoms with van der Waals surface area (Å²) in [5, 5.41) is 3.90. The Morgan fingerprint density at radius 2 is 1.90 bits per heavy atom. The molecule has 0 amide bonds. The van der Waals surface area contributed by atoms with E-state index in [1.165, 1.54) is 48.8 Å². The van der Waals surface area contributed by atoms with E-state index < -0.39 is 0 Å². The van der Waals surface area contributed by atoms with Crippen LogP contribution in [0.5, 0.6) is 0 Å². The van der Waals surface area contributed by atoms with Gasteiger partial charge in [0, 0.05) is 12.6 Å². The van der Waals surface area contributed by atoms with Crippen molar-refractivity contribution in [1.82, 2.24) is 5.32 Å². The molecule has 1 aromatic carbocycles. The molecule has 1 heteroatoms. The lowest BCUT2D eigenvalue weighted by atomic mass is 9.79. The van der Waals surface area contributed by atoms with E-state index in [2.05, 4.69) is 37.4 Å². The molecule has 3 saturated carbocycles. The molecule has 3 aliphatic rings. The van der Waals surface area contributed by atoms with Gasteiger partial charge in [-0.3, -0.25) is 0 Å². The van der Waals surface area contributed by atoms with Gasteiger partial charge in [0.05, 0.1) is 0 Å². The maximum atomic E-state index is 3.90. The lowest BCUT2D eigenvalue weighted by Gasteiger charge is -2.32. The second-order valence-electron chi connectivity index (χ2n) is 7.57. The Morgan fingerprint density at radius 3 is 2.75 bits per heavy atom. The van der Waals surface area contributed by atoms with E-state index in [1.54, 1.807) is 0 Å². The summed E-state index contributed by atoms with van der Waals surface area (Å²) in [4.78, 5) is 0. The summed E-state index contributed by atoms with van der Waals surface area (Å²) in [6.07, 6.45) is 7.55. The van der Waals surface area contributed by atoms with Gasteiger partial charge in [0.2, 0.25) is 0 Å². The van der Waals surface area contributed by atoms with E-state index in [4.69, 9.17) is 0 Å². The van der Waals surface area contributed by atoms with Crippen molar-refractivity contribution in [2.75, 3.05) is 0 Å². The number of hydrogen-bond acceptors (Lipinski definition) is 1. The van der Waals surface area contributed by atoms with Gasteiger partial charge < -0.3 is 5.32 Å². The molecule has 20 heavy (non-hydrogen) atoms. The van der Waals surface area contributed by atoms with Crippen molar-refractivity contribution in [2.24, 2.45) is 23.7 Å². The van der Waals surface area contributed by atoms with E-state index in [9.17, 15) is 0 Å². The highest BCUT2D eigenvalue weighted by molar-refractivity contribution is 5.30. The van der Waals surface area contributed by atoms with Crippen LogP contribution >= 0.6 is 0 Å². The minimum absolute atomic E-state index is 0.806. The number of fused-ring (bicyclic) bond motifs is 5. The van der Waals surface area contributed by atoms with Crippen molar-refractivity contribution in [3.05, 3.63) is 34.9 Å². The molecule has 0 heterocycles. The summed E-state index contributed by atoms with van der Waals surface area (Å²) in [7, 11) is 0. The fourth-order valence-corrected chi connectivity index (χ4v) is 5.59. The van der Waals surface area contributed by atoms with Crippen LogP contribution in [0.2, 0.25) is 0 Å². The number of hydrogen-bond donors (Lipinski definition) is 1. The first-order chi connectivity index (χ1) is 9.72. The molecular formula is C19H27N. The topological polar surface area (TPSA) is 12.0 Å². The van der Waals surface area contributed by atoms with Crippen LogP contribution in [0.3, 0.4) is 0 Å². The van der Waals surface area contributed by atoms with Gasteiger partial charge in [-0.2, -0.15) is 0 Å². The molecule has 2 bridgehead atoms. The SMILES string of the molecule is Cc1ccc(CNC2CC3CC2C2CCCC32)c(C)c1. The molecule has 0 spiro atoms. The Morgan fingerprint density at radius 1 is 1.05 bits per heavy atom. The van der Waals surface area contributed by atoms with Crippen molar-refractivity contribution >= 4 is 0 Å². The lowest BCUT2D eigenvalue weighted by Crippen LogP contribution is -2.39. The summed E-state index contributed by atoms with van der Waals surface area (Å²) in [5.41, 5.74) is 4.31. The minimum Gasteiger partial charge on any atom is -0.310 e. The monoisotopic (exact) mass is 269 g/mol. The molecule has 4 rings (SSSR count). The van der Waals surface area contributed by atoms with Crippen LogP contribution in [0, 0.1) is 37.5 Å². The summed E-state index contributed by atoms with van der Waals surface area (Å²) >= 11 is 0. The summed E-state index contributed by atoms with van der Waals surface area (Å²) in [6.45, 7) is 5.50. The third-order valence-corrected chi connectivity index (χ3v) is 6.48. The fourth-order valence-electron chi connectivity index (χ4n) is 5.59. The maximum absolute atomic E-state index is 3.90. The number of nitrogens with one attached hydrogen (secondary N) is 1. The molecule has 0 aromatic heterocycles. The predicted molar refractivity (Wildman–Crippen MR) is 83.6 cm³/mol. The molecule has 5 unspecified atom stereocenters. The van der Waals surface area contributed by atoms with Crippen LogP contribution in [0.1, 0.15) is 48.8 Å². The quantitative estimate of drug-likeness (QED) is 0.866. The first kappa shape index (κ1) is 12.9. The third-order valence-electron chi connectivity index (χ3n) is 6.48. The molecule has 3 aliphatic carbocycles. The standard InChI is InChI=1S/C19H27N/c1-12-6-7-14(13(2)8-12)11-20-19-10-15-9-18(19)17-5-3-4-16(15)17/h6-8,15-20H,3-5,9-11H2,1-2H3. The first-order valence-corrected chi connectivity index (χ1v) is 8.52. The first-order valence-electron chi connectivity index (χ1n) is 8.52. The predicted octanol–water partition coefficient (Wildman–Crippen LogP) is 4.22. The molecule has 1 nitrogen and oxygen atoms in total. The molecule has 1 N–H and O–H groups in total. The molecule has 3 fully saturated rings. The molecule has 0 saturated heterocycles. The minimum atomic E-state index is 0.806. The normalized spacial score (nSPS) is 38.4. The Kier molecular flexibility index (Phi) is 3.14. The van der Waals surface area contributed by atoms with E-state index in [0.717, 1.165) is 36.3 Å². The molecule has 1 aromatic rings. The highest BCUT2D eigenvalue weighted by Gasteiger charge is 2.53. The second-order valence-corrected chi connectivity index (χ2v) is 7.57. The average Bonchev–Trinajstić information content (AvgIpc) is 3.10. The second kappa shape index (κ2) is 4.87. The number of aryl methyl sites for hydroxylation is 2. The maximum Gasteiger partial charge on any atom is 0.0210 e. The lowest BCUT2D eigenvalue weighted by molar-refractivity contribution is 0.208. The highest BCUT2D eigenvalue weighted by atomic mass is 14.9. The van der Waals surface area contributed by atoms with Crippen LogP contribution in [-0.2, 0) is 6.54 Å². The summed E-state index contributed by atoms with van der Waals surface area (Å²) < 4.78 is 0. The van der Waals surface area contributed by atoms with Crippen LogP contribution in [0.25, 0.3) is 0 Å². The molecule has 0 aliphatic heterocycles. The van der Waals surface area contributed by atoms with Gasteiger partial charge in [-0.15, -0.1) is 0 Å². The average molecular weight is 269 g/mol. The van der Waals surface area contributed by atoms with Crippen molar-refractivity contribution in [1.29, 1.82) is 0 Å². The van der Waals surface area contributed by atoms with Gasteiger partial charge in [-0.05, 0) is 74.3 Å². The fraction of sp³-hybridized carbons (Fsp3) is 0.684. The summed E-state index contributed by atoms with van der Waals surface area (Å²) in [6, 6.07) is 7.67. The van der Waals surface area contributed by atoms with Gasteiger partial charge in [0.25, 0.3) is 0 Å². The zero-order valence-corrected chi connectivity index (χ0v) is 12.9. The zero-order valence-electron chi connectivity index (χ0n) is 12.9. The van der Waals surface area contributed by atoms with E-state index in [1.807, 2.05) is 0 Å². The highest BCUT2D eigenvalue weighted by Crippen LogP contribution is 2.58. The molecule has 108 valence electrons. The van der Waals surface area contributed by atoms with Crippen LogP contribution < -0.4 is 5.32 Å². The van der Waals surface area contributed by atoms with Gasteiger partial charge in [-0.1, -0.05) is 30.2 Å². The Bertz CT molecular complexity index is 506. The molecule has 5 atom stereocenters. The van der Waals surface area contributed by atoms with E-state index >= 15 is 0 Å². The molecule has 0 radical (unpaired) electrons. The summed E-state index contributed by atoms with van der Waals surface area (Å²) in [5.74, 6) is 4.24. The van der Waals surface area contributed by atoms with Gasteiger partial charge >= 0.3 is 0 Å². The molecular weight excluding hydrogens is 242 g/mol. The Labute approximate surface area is 123 Å². The Hall–Kier alpha value is -0.820. The third kappa shape index (κ3) is 2.02. The van der Waals surface area contributed by atoms with Gasteiger partial charge in [0.1, 0.15) is 0 Å². The van der Waals surface area contributed by atoms with Crippen LogP contribution in [0.15, 0.2) is 18.2 Å². The number of rotatable bonds is 3. The van der Waals surface area contributed by atoms with Crippen LogP contribution in [-0.4, -0.2) is 6.04 Å².